The van der Waals surface area contributed by atoms with Crippen LogP contribution >= 0.6 is 0 Å². The minimum Gasteiger partial charge on any atom is -0.496 e. The molecule has 0 bridgehead atoms. The van der Waals surface area contributed by atoms with Crippen molar-refractivity contribution in [2.75, 3.05) is 7.11 Å². The van der Waals surface area contributed by atoms with E-state index in [0.29, 0.717) is 6.42 Å². The lowest BCUT2D eigenvalue weighted by Gasteiger charge is -2.19. The summed E-state index contributed by atoms with van der Waals surface area (Å²) in [5.74, 6) is 0.833. The van der Waals surface area contributed by atoms with Crippen molar-refractivity contribution in [1.82, 2.24) is 0 Å². The molecule has 0 aliphatic carbocycles. The first-order chi connectivity index (χ1) is 9.55. The summed E-state index contributed by atoms with van der Waals surface area (Å²) >= 11 is 0. The summed E-state index contributed by atoms with van der Waals surface area (Å²) < 4.78 is 5.41. The predicted molar refractivity (Wildman–Crippen MR) is 82.0 cm³/mol. The second-order valence-corrected chi connectivity index (χ2v) is 5.68. The van der Waals surface area contributed by atoms with E-state index in [0.717, 1.165) is 23.2 Å². The van der Waals surface area contributed by atoms with Gasteiger partial charge in [-0.05, 0) is 35.2 Å². The molecule has 0 aliphatic heterocycles. The van der Waals surface area contributed by atoms with Gasteiger partial charge >= 0.3 is 0 Å². The van der Waals surface area contributed by atoms with Gasteiger partial charge in [0.15, 0.2) is 0 Å². The molecule has 0 fully saturated rings. The summed E-state index contributed by atoms with van der Waals surface area (Å²) in [5, 5.41) is 0. The summed E-state index contributed by atoms with van der Waals surface area (Å²) in [7, 11) is 1.66. The molecule has 20 heavy (non-hydrogen) atoms. The maximum Gasteiger partial charge on any atom is 0.125 e. The molecule has 0 amide bonds. The molecule has 2 rings (SSSR count). The van der Waals surface area contributed by atoms with Gasteiger partial charge in [0, 0.05) is 5.41 Å². The molecular weight excluding hydrogens is 248 g/mol. The minimum absolute atomic E-state index is 0.386. The van der Waals surface area contributed by atoms with Crippen LogP contribution in [0.25, 0.3) is 11.1 Å². The number of benzene rings is 2. The number of methoxy groups -OCH3 is 1. The second-order valence-electron chi connectivity index (χ2n) is 5.68. The number of aldehydes is 1. The van der Waals surface area contributed by atoms with Crippen molar-refractivity contribution in [3.8, 4) is 16.9 Å². The molecule has 0 saturated carbocycles. The maximum absolute atomic E-state index is 11.1. The van der Waals surface area contributed by atoms with Crippen molar-refractivity contribution in [2.24, 2.45) is 5.41 Å². The van der Waals surface area contributed by atoms with E-state index in [2.05, 4.69) is 18.2 Å². The minimum atomic E-state index is -0.386. The number of ether oxygens (including phenoxy) is 1. The van der Waals surface area contributed by atoms with E-state index in [1.54, 1.807) is 7.11 Å². The number of carbonyl (C=O) groups is 1. The Morgan fingerprint density at radius 2 is 1.75 bits per heavy atom. The van der Waals surface area contributed by atoms with Gasteiger partial charge in [-0.15, -0.1) is 0 Å². The molecule has 0 saturated heterocycles. The van der Waals surface area contributed by atoms with Crippen molar-refractivity contribution in [3.05, 3.63) is 54.1 Å². The molecule has 0 aliphatic rings. The summed E-state index contributed by atoms with van der Waals surface area (Å²) in [4.78, 5) is 11.1. The van der Waals surface area contributed by atoms with E-state index in [9.17, 15) is 4.79 Å². The van der Waals surface area contributed by atoms with Gasteiger partial charge in [0.2, 0.25) is 0 Å². The van der Waals surface area contributed by atoms with Gasteiger partial charge < -0.3 is 9.53 Å². The van der Waals surface area contributed by atoms with Gasteiger partial charge in [0.05, 0.1) is 7.11 Å². The van der Waals surface area contributed by atoms with Crippen LogP contribution in [0.4, 0.5) is 0 Å². The summed E-state index contributed by atoms with van der Waals surface area (Å²) in [6, 6.07) is 16.3. The number of hydrogen-bond acceptors (Lipinski definition) is 2. The largest absolute Gasteiger partial charge is 0.496 e. The average molecular weight is 268 g/mol. The van der Waals surface area contributed by atoms with Crippen LogP contribution in [0.1, 0.15) is 19.4 Å². The van der Waals surface area contributed by atoms with Crippen LogP contribution in [0.2, 0.25) is 0 Å². The Morgan fingerprint density at radius 3 is 2.35 bits per heavy atom. The lowest BCUT2D eigenvalue weighted by atomic mass is 9.86. The molecule has 0 unspecified atom stereocenters. The number of rotatable bonds is 5. The highest BCUT2D eigenvalue weighted by Crippen LogP contribution is 2.31. The van der Waals surface area contributed by atoms with Gasteiger partial charge in [-0.25, -0.2) is 0 Å². The van der Waals surface area contributed by atoms with Crippen LogP contribution in [0, 0.1) is 5.41 Å². The molecule has 0 radical (unpaired) electrons. The van der Waals surface area contributed by atoms with E-state index >= 15 is 0 Å². The van der Waals surface area contributed by atoms with Crippen molar-refractivity contribution >= 4 is 6.29 Å². The highest BCUT2D eigenvalue weighted by Gasteiger charge is 2.20. The molecule has 2 aromatic carbocycles. The molecule has 0 heterocycles. The van der Waals surface area contributed by atoms with Crippen LogP contribution < -0.4 is 4.74 Å². The normalized spacial score (nSPS) is 11.2. The van der Waals surface area contributed by atoms with Crippen molar-refractivity contribution in [3.63, 3.8) is 0 Å². The van der Waals surface area contributed by atoms with Gasteiger partial charge in [-0.2, -0.15) is 0 Å². The zero-order valence-electron chi connectivity index (χ0n) is 12.2. The van der Waals surface area contributed by atoms with E-state index < -0.39 is 0 Å². The Hall–Kier alpha value is -2.09. The third-order valence-corrected chi connectivity index (χ3v) is 3.35. The maximum atomic E-state index is 11.1. The molecule has 2 aromatic rings. The molecule has 0 N–H and O–H groups in total. The first kappa shape index (κ1) is 14.3. The number of carbonyl (C=O) groups excluding carboxylic acids is 1. The Labute approximate surface area is 120 Å². The van der Waals surface area contributed by atoms with Crippen LogP contribution in [-0.2, 0) is 11.2 Å². The van der Waals surface area contributed by atoms with E-state index in [1.165, 1.54) is 5.56 Å². The third kappa shape index (κ3) is 3.27. The topological polar surface area (TPSA) is 26.3 Å². The predicted octanol–water partition coefficient (Wildman–Crippen LogP) is 4.13. The SMILES string of the molecule is COc1ccc(-c2ccccc2)cc1CC(C)(C)C=O. The molecule has 0 atom stereocenters. The smallest absolute Gasteiger partial charge is 0.125 e. The van der Waals surface area contributed by atoms with Crippen molar-refractivity contribution in [2.45, 2.75) is 20.3 Å². The Kier molecular flexibility index (Phi) is 4.23. The molecule has 0 aromatic heterocycles. The molecule has 2 heteroatoms. The zero-order chi connectivity index (χ0) is 14.6. The van der Waals surface area contributed by atoms with Gasteiger partial charge in [0.1, 0.15) is 12.0 Å². The van der Waals surface area contributed by atoms with Crippen LogP contribution in [-0.4, -0.2) is 13.4 Å². The fourth-order valence-electron chi connectivity index (χ4n) is 2.26. The second kappa shape index (κ2) is 5.91. The highest BCUT2D eigenvalue weighted by atomic mass is 16.5. The monoisotopic (exact) mass is 268 g/mol. The fraction of sp³-hybridized carbons (Fsp3) is 0.278. The van der Waals surface area contributed by atoms with Crippen LogP contribution in [0.3, 0.4) is 0 Å². The summed E-state index contributed by atoms with van der Waals surface area (Å²) in [6.07, 6.45) is 1.67. The van der Waals surface area contributed by atoms with E-state index in [4.69, 9.17) is 4.74 Å². The molecule has 104 valence electrons. The lowest BCUT2D eigenvalue weighted by Crippen LogP contribution is -2.17. The van der Waals surface area contributed by atoms with Crippen molar-refractivity contribution < 1.29 is 9.53 Å². The fourth-order valence-corrected chi connectivity index (χ4v) is 2.26. The standard InChI is InChI=1S/C18H20O2/c1-18(2,13-19)12-16-11-15(9-10-17(16)20-3)14-7-5-4-6-8-14/h4-11,13H,12H2,1-3H3. The first-order valence-corrected chi connectivity index (χ1v) is 6.74. The van der Waals surface area contributed by atoms with Crippen LogP contribution in [0.15, 0.2) is 48.5 Å². The molecule has 2 nitrogen and oxygen atoms in total. The van der Waals surface area contributed by atoms with E-state index in [1.807, 2.05) is 44.2 Å². The third-order valence-electron chi connectivity index (χ3n) is 3.35. The summed E-state index contributed by atoms with van der Waals surface area (Å²) in [6.45, 7) is 3.88. The average Bonchev–Trinajstić information content (AvgIpc) is 2.48. The van der Waals surface area contributed by atoms with Gasteiger partial charge in [-0.1, -0.05) is 50.2 Å². The quantitative estimate of drug-likeness (QED) is 0.762. The molecular formula is C18H20O2. The highest BCUT2D eigenvalue weighted by molar-refractivity contribution is 5.66. The van der Waals surface area contributed by atoms with Crippen molar-refractivity contribution in [1.29, 1.82) is 0 Å². The Morgan fingerprint density at radius 1 is 1.05 bits per heavy atom. The summed E-state index contributed by atoms with van der Waals surface area (Å²) in [5.41, 5.74) is 2.98. The van der Waals surface area contributed by atoms with Gasteiger partial charge in [-0.3, -0.25) is 0 Å². The lowest BCUT2D eigenvalue weighted by molar-refractivity contribution is -0.114. The van der Waals surface area contributed by atoms with Gasteiger partial charge in [0.25, 0.3) is 0 Å². The zero-order valence-corrected chi connectivity index (χ0v) is 12.2. The van der Waals surface area contributed by atoms with E-state index in [-0.39, 0.29) is 5.41 Å². The Bertz CT molecular complexity index is 586. The molecule has 0 spiro atoms. The Balaban J connectivity index is 2.42. The first-order valence-electron chi connectivity index (χ1n) is 6.74. The van der Waals surface area contributed by atoms with Crippen LogP contribution in [0.5, 0.6) is 5.75 Å². The number of hydrogen-bond donors (Lipinski definition) is 0.